The molecule has 15 heavy (non-hydrogen) atoms. The summed E-state index contributed by atoms with van der Waals surface area (Å²) < 4.78 is 18.4. The predicted octanol–water partition coefficient (Wildman–Crippen LogP) is 0.957. The summed E-state index contributed by atoms with van der Waals surface area (Å²) >= 11 is 0. The number of carbonyl (C=O) groups is 1. The molecular formula is C10H11NO3S. The third-order valence-electron chi connectivity index (χ3n) is 2.19. The van der Waals surface area contributed by atoms with Gasteiger partial charge in [-0.15, -0.1) is 0 Å². The molecule has 2 rings (SSSR count). The molecule has 0 aliphatic carbocycles. The van der Waals surface area contributed by atoms with Gasteiger partial charge in [-0.3, -0.25) is 9.10 Å². The largest absolute Gasteiger partial charge is 0.364 e. The van der Waals surface area contributed by atoms with E-state index in [0.717, 1.165) is 12.0 Å². The fraction of sp³-hybridized carbons (Fsp3) is 0.300. The zero-order valence-corrected chi connectivity index (χ0v) is 8.90. The van der Waals surface area contributed by atoms with Crippen molar-refractivity contribution in [3.63, 3.8) is 0 Å². The molecule has 0 amide bonds. The summed E-state index contributed by atoms with van der Waals surface area (Å²) in [5.41, 5.74) is 1.49. The van der Waals surface area contributed by atoms with E-state index in [4.69, 9.17) is 4.74 Å². The van der Waals surface area contributed by atoms with Crippen LogP contribution < -0.4 is 4.31 Å². The summed E-state index contributed by atoms with van der Waals surface area (Å²) in [7, 11) is -1.11. The highest BCUT2D eigenvalue weighted by Crippen LogP contribution is 2.18. The van der Waals surface area contributed by atoms with Crippen molar-refractivity contribution in [1.82, 2.24) is 0 Å². The second kappa shape index (κ2) is 4.55. The molecule has 1 heterocycles. The van der Waals surface area contributed by atoms with E-state index in [0.29, 0.717) is 18.7 Å². The van der Waals surface area contributed by atoms with Gasteiger partial charge in [-0.25, -0.2) is 4.21 Å². The van der Waals surface area contributed by atoms with Crippen molar-refractivity contribution >= 4 is 23.0 Å². The Morgan fingerprint density at radius 2 is 2.07 bits per heavy atom. The summed E-state index contributed by atoms with van der Waals surface area (Å²) in [6.45, 7) is 1.20. The normalized spacial score (nSPS) is 21.3. The van der Waals surface area contributed by atoms with Crippen LogP contribution in [0.25, 0.3) is 0 Å². The van der Waals surface area contributed by atoms with Gasteiger partial charge in [0.2, 0.25) is 0 Å². The van der Waals surface area contributed by atoms with Gasteiger partial charge in [0.25, 0.3) is 0 Å². The second-order valence-corrected chi connectivity index (χ2v) is 4.48. The first-order chi connectivity index (χ1) is 7.31. The average Bonchev–Trinajstić information content (AvgIpc) is 2.30. The Kier molecular flexibility index (Phi) is 3.13. The number of benzene rings is 1. The van der Waals surface area contributed by atoms with Gasteiger partial charge in [0.15, 0.2) is 0 Å². The van der Waals surface area contributed by atoms with Gasteiger partial charge in [0.05, 0.1) is 13.2 Å². The summed E-state index contributed by atoms with van der Waals surface area (Å²) in [6, 6.07) is 7.03. The second-order valence-electron chi connectivity index (χ2n) is 3.16. The molecule has 0 N–H and O–H groups in total. The van der Waals surface area contributed by atoms with Crippen LogP contribution in [-0.2, 0) is 15.7 Å². The van der Waals surface area contributed by atoms with Crippen molar-refractivity contribution in [2.24, 2.45) is 0 Å². The third-order valence-corrected chi connectivity index (χ3v) is 3.44. The molecule has 1 atom stereocenters. The highest BCUT2D eigenvalue weighted by molar-refractivity contribution is 7.86. The van der Waals surface area contributed by atoms with E-state index in [1.807, 2.05) is 0 Å². The van der Waals surface area contributed by atoms with Crippen molar-refractivity contribution < 1.29 is 13.7 Å². The van der Waals surface area contributed by atoms with E-state index in [2.05, 4.69) is 0 Å². The lowest BCUT2D eigenvalue weighted by atomic mass is 10.2. The first-order valence-electron chi connectivity index (χ1n) is 4.60. The van der Waals surface area contributed by atoms with Crippen LogP contribution in [0.2, 0.25) is 0 Å². The van der Waals surface area contributed by atoms with Gasteiger partial charge in [0.1, 0.15) is 23.2 Å². The standard InChI is InChI=1S/C10H11NO3S/c12-7-9-1-3-10(4-2-9)11-5-6-14-8-15(11)13/h1-4,7H,5-6,8H2. The molecular weight excluding hydrogens is 214 g/mol. The van der Waals surface area contributed by atoms with Crippen LogP contribution in [0.1, 0.15) is 10.4 Å². The third kappa shape index (κ3) is 2.24. The topological polar surface area (TPSA) is 46.6 Å². The van der Waals surface area contributed by atoms with Crippen LogP contribution >= 0.6 is 0 Å². The first kappa shape index (κ1) is 10.3. The zero-order valence-electron chi connectivity index (χ0n) is 8.09. The number of hydrogen-bond acceptors (Lipinski definition) is 3. The number of nitrogens with zero attached hydrogens (tertiary/aromatic N) is 1. The van der Waals surface area contributed by atoms with Crippen LogP contribution in [0.3, 0.4) is 0 Å². The minimum atomic E-state index is -1.11. The van der Waals surface area contributed by atoms with Gasteiger partial charge < -0.3 is 4.74 Å². The molecule has 1 aliphatic heterocycles. The lowest BCUT2D eigenvalue weighted by Gasteiger charge is -2.27. The SMILES string of the molecule is O=Cc1ccc(N2CCOCS2=O)cc1. The molecule has 0 radical (unpaired) electrons. The Labute approximate surface area is 90.4 Å². The van der Waals surface area contributed by atoms with Gasteiger partial charge in [-0.05, 0) is 24.3 Å². The van der Waals surface area contributed by atoms with Crippen LogP contribution in [-0.4, -0.2) is 29.6 Å². The number of ether oxygens (including phenoxy) is 1. The van der Waals surface area contributed by atoms with Gasteiger partial charge in [0, 0.05) is 11.3 Å². The van der Waals surface area contributed by atoms with E-state index in [1.54, 1.807) is 28.6 Å². The monoisotopic (exact) mass is 225 g/mol. The highest BCUT2D eigenvalue weighted by Gasteiger charge is 2.18. The molecule has 1 unspecified atom stereocenters. The van der Waals surface area contributed by atoms with Crippen molar-refractivity contribution in [2.75, 3.05) is 23.4 Å². The summed E-state index contributed by atoms with van der Waals surface area (Å²) in [5, 5.41) is 0. The van der Waals surface area contributed by atoms with E-state index in [9.17, 15) is 9.00 Å². The number of anilines is 1. The van der Waals surface area contributed by atoms with E-state index < -0.39 is 11.0 Å². The van der Waals surface area contributed by atoms with Gasteiger partial charge in [-0.2, -0.15) is 0 Å². The fourth-order valence-corrected chi connectivity index (χ4v) is 2.43. The predicted molar refractivity (Wildman–Crippen MR) is 58.1 cm³/mol. The van der Waals surface area contributed by atoms with E-state index in [1.165, 1.54) is 0 Å². The Balaban J connectivity index is 2.20. The minimum Gasteiger partial charge on any atom is -0.364 e. The Bertz CT molecular complexity index is 377. The van der Waals surface area contributed by atoms with Crippen LogP contribution in [0, 0.1) is 0 Å². The quantitative estimate of drug-likeness (QED) is 0.704. The molecule has 1 aromatic rings. The van der Waals surface area contributed by atoms with Gasteiger partial charge >= 0.3 is 0 Å². The molecule has 4 nitrogen and oxygen atoms in total. The number of rotatable bonds is 2. The lowest BCUT2D eigenvalue weighted by Crippen LogP contribution is -2.36. The van der Waals surface area contributed by atoms with E-state index >= 15 is 0 Å². The van der Waals surface area contributed by atoms with Crippen LogP contribution in [0.15, 0.2) is 24.3 Å². The molecule has 0 spiro atoms. The van der Waals surface area contributed by atoms with Crippen molar-refractivity contribution in [3.8, 4) is 0 Å². The minimum absolute atomic E-state index is 0.245. The maximum atomic E-state index is 11.6. The highest BCUT2D eigenvalue weighted by atomic mass is 32.2. The molecule has 80 valence electrons. The first-order valence-corrected chi connectivity index (χ1v) is 5.88. The molecule has 1 fully saturated rings. The summed E-state index contributed by atoms with van der Waals surface area (Å²) in [6.07, 6.45) is 0.792. The number of aldehydes is 1. The van der Waals surface area contributed by atoms with Crippen molar-refractivity contribution in [2.45, 2.75) is 0 Å². The molecule has 0 aromatic heterocycles. The molecule has 1 aromatic carbocycles. The molecule has 5 heteroatoms. The zero-order chi connectivity index (χ0) is 10.7. The van der Waals surface area contributed by atoms with Crippen LogP contribution in [0.5, 0.6) is 0 Å². The molecule has 0 bridgehead atoms. The molecule has 1 saturated heterocycles. The molecule has 1 aliphatic rings. The molecule has 0 saturated carbocycles. The lowest BCUT2D eigenvalue weighted by molar-refractivity contribution is 0.112. The maximum Gasteiger partial charge on any atom is 0.150 e. The Morgan fingerprint density at radius 3 is 2.67 bits per heavy atom. The summed E-state index contributed by atoms with van der Waals surface area (Å²) in [5.74, 6) is 0.245. The average molecular weight is 225 g/mol. The van der Waals surface area contributed by atoms with Gasteiger partial charge in [-0.1, -0.05) is 0 Å². The smallest absolute Gasteiger partial charge is 0.150 e. The maximum absolute atomic E-state index is 11.6. The van der Waals surface area contributed by atoms with Crippen molar-refractivity contribution in [3.05, 3.63) is 29.8 Å². The number of carbonyl (C=O) groups excluding carboxylic acids is 1. The summed E-state index contributed by atoms with van der Waals surface area (Å²) in [4.78, 5) is 10.5. The van der Waals surface area contributed by atoms with E-state index in [-0.39, 0.29) is 5.94 Å². The van der Waals surface area contributed by atoms with Crippen molar-refractivity contribution in [1.29, 1.82) is 0 Å². The Hall–Kier alpha value is -1.20. The fourth-order valence-electron chi connectivity index (χ4n) is 1.41. The van der Waals surface area contributed by atoms with Crippen LogP contribution in [0.4, 0.5) is 5.69 Å². The number of hydrogen-bond donors (Lipinski definition) is 0. The Morgan fingerprint density at radius 1 is 1.33 bits per heavy atom.